The predicted molar refractivity (Wildman–Crippen MR) is 167 cm³/mol. The fourth-order valence-electron chi connectivity index (χ4n) is 6.50. The topological polar surface area (TPSA) is 9.86 Å². The Bertz CT molecular complexity index is 2350. The summed E-state index contributed by atoms with van der Waals surface area (Å²) in [5, 5.41) is 7.90. The fraction of sp³-hybridized carbons (Fsp3) is 0. The predicted octanol–water partition coefficient (Wildman–Crippen LogP) is 9.24. The molecule has 0 saturated heterocycles. The molecule has 2 nitrogen and oxygen atoms in total. The zero-order valence-electron chi connectivity index (χ0n) is 21.0. The van der Waals surface area contributed by atoms with Crippen molar-refractivity contribution in [1.29, 1.82) is 0 Å². The SMILES string of the molecule is c1ccc2c(c1)[se]c1ccc(-n3c4ccccc4c4c(-n5c6ccccc6c6ccccc65)cccc43)cc12. The molecule has 0 N–H and O–H groups in total. The number of rotatable bonds is 2. The summed E-state index contributed by atoms with van der Waals surface area (Å²) in [5.41, 5.74) is 7.37. The van der Waals surface area contributed by atoms with Crippen LogP contribution in [0.4, 0.5) is 0 Å². The Labute approximate surface area is 230 Å². The zero-order chi connectivity index (χ0) is 25.5. The van der Waals surface area contributed by atoms with Crippen LogP contribution in [0.3, 0.4) is 0 Å². The van der Waals surface area contributed by atoms with Crippen LogP contribution in [0.15, 0.2) is 133 Å². The van der Waals surface area contributed by atoms with Crippen molar-refractivity contribution in [3.8, 4) is 11.4 Å². The molecule has 0 unspecified atom stereocenters. The summed E-state index contributed by atoms with van der Waals surface area (Å²) >= 11 is 0.370. The van der Waals surface area contributed by atoms with Crippen LogP contribution >= 0.6 is 0 Å². The van der Waals surface area contributed by atoms with E-state index in [2.05, 4.69) is 143 Å². The Morgan fingerprint density at radius 1 is 0.385 bits per heavy atom. The number of hydrogen-bond donors (Lipinski definition) is 0. The number of benzene rings is 6. The molecule has 0 aliphatic rings. The maximum absolute atomic E-state index is 2.45. The van der Waals surface area contributed by atoms with E-state index >= 15 is 0 Å². The molecule has 3 heterocycles. The van der Waals surface area contributed by atoms with Crippen molar-refractivity contribution >= 4 is 77.4 Å². The Balaban J connectivity index is 1.42. The standard InChI is InChI=1S/C36H22N2Se/c1-5-14-29-24(10-1)25-11-2-6-15-30(25)38(29)33-18-9-17-32-36(33)27-13-3-7-16-31(27)37(32)23-20-21-35-28(22-23)26-12-4-8-19-34(26)39-35/h1-22H. The first-order valence-electron chi connectivity index (χ1n) is 13.3. The number of fused-ring (bicyclic) bond motifs is 9. The summed E-state index contributed by atoms with van der Waals surface area (Å²) in [7, 11) is 0. The first kappa shape index (κ1) is 21.4. The molecule has 9 aromatic rings. The van der Waals surface area contributed by atoms with Crippen molar-refractivity contribution in [2.75, 3.05) is 0 Å². The second-order valence-electron chi connectivity index (χ2n) is 10.2. The first-order chi connectivity index (χ1) is 19.4. The molecule has 0 atom stereocenters. The van der Waals surface area contributed by atoms with Crippen molar-refractivity contribution in [2.24, 2.45) is 0 Å². The van der Waals surface area contributed by atoms with E-state index in [1.807, 2.05) is 0 Å². The molecule has 0 fully saturated rings. The van der Waals surface area contributed by atoms with Gasteiger partial charge in [0.05, 0.1) is 0 Å². The van der Waals surface area contributed by atoms with Crippen LogP contribution in [0.1, 0.15) is 0 Å². The molecule has 39 heavy (non-hydrogen) atoms. The Morgan fingerprint density at radius 2 is 0.949 bits per heavy atom. The van der Waals surface area contributed by atoms with Crippen LogP contribution in [-0.4, -0.2) is 23.6 Å². The van der Waals surface area contributed by atoms with Gasteiger partial charge in [0.15, 0.2) is 0 Å². The van der Waals surface area contributed by atoms with E-state index in [4.69, 9.17) is 0 Å². The van der Waals surface area contributed by atoms with Gasteiger partial charge in [0.1, 0.15) is 0 Å². The van der Waals surface area contributed by atoms with Crippen LogP contribution in [0, 0.1) is 0 Å². The second kappa shape index (κ2) is 7.97. The second-order valence-corrected chi connectivity index (χ2v) is 12.4. The molecular weight excluding hydrogens is 539 g/mol. The van der Waals surface area contributed by atoms with Crippen molar-refractivity contribution in [3.05, 3.63) is 133 Å². The fourth-order valence-corrected chi connectivity index (χ4v) is 8.78. The zero-order valence-corrected chi connectivity index (χ0v) is 22.7. The number of hydrogen-bond acceptors (Lipinski definition) is 0. The molecule has 0 aliphatic carbocycles. The van der Waals surface area contributed by atoms with Gasteiger partial charge in [-0.25, -0.2) is 0 Å². The summed E-state index contributed by atoms with van der Waals surface area (Å²) in [4.78, 5) is 0. The van der Waals surface area contributed by atoms with Gasteiger partial charge in [0, 0.05) is 0 Å². The molecule has 182 valence electrons. The van der Waals surface area contributed by atoms with E-state index in [0.717, 1.165) is 0 Å². The van der Waals surface area contributed by atoms with E-state index in [9.17, 15) is 0 Å². The van der Waals surface area contributed by atoms with E-state index in [0.29, 0.717) is 14.5 Å². The van der Waals surface area contributed by atoms with Crippen molar-refractivity contribution in [2.45, 2.75) is 0 Å². The Hall–Kier alpha value is -4.56. The van der Waals surface area contributed by atoms with Crippen LogP contribution in [0.5, 0.6) is 0 Å². The molecule has 9 rings (SSSR count). The van der Waals surface area contributed by atoms with Crippen LogP contribution in [0.2, 0.25) is 0 Å². The Morgan fingerprint density at radius 3 is 1.69 bits per heavy atom. The molecule has 0 saturated carbocycles. The maximum atomic E-state index is 2.45. The van der Waals surface area contributed by atoms with Gasteiger partial charge in [0.2, 0.25) is 0 Å². The average molecular weight is 562 g/mol. The molecule has 0 bridgehead atoms. The van der Waals surface area contributed by atoms with Crippen molar-refractivity contribution in [3.63, 3.8) is 0 Å². The van der Waals surface area contributed by atoms with E-state index in [1.54, 1.807) is 0 Å². The molecule has 0 radical (unpaired) electrons. The van der Waals surface area contributed by atoms with Crippen molar-refractivity contribution < 1.29 is 0 Å². The van der Waals surface area contributed by atoms with Gasteiger partial charge in [0.25, 0.3) is 0 Å². The summed E-state index contributed by atoms with van der Waals surface area (Å²) in [6, 6.07) is 49.1. The molecular formula is C36H22N2Se. The van der Waals surface area contributed by atoms with Crippen molar-refractivity contribution in [1.82, 2.24) is 9.13 Å². The number of para-hydroxylation sites is 3. The first-order valence-corrected chi connectivity index (χ1v) is 15.0. The summed E-state index contributed by atoms with van der Waals surface area (Å²) in [6.45, 7) is 0. The van der Waals surface area contributed by atoms with Crippen LogP contribution in [-0.2, 0) is 0 Å². The molecule has 0 spiro atoms. The monoisotopic (exact) mass is 562 g/mol. The molecule has 0 amide bonds. The minimum atomic E-state index is 0.370. The van der Waals surface area contributed by atoms with E-state index in [-0.39, 0.29) is 0 Å². The summed E-state index contributed by atoms with van der Waals surface area (Å²) in [5.74, 6) is 0. The molecule has 3 heteroatoms. The molecule has 3 aromatic heterocycles. The van der Waals surface area contributed by atoms with Gasteiger partial charge in [-0.2, -0.15) is 0 Å². The van der Waals surface area contributed by atoms with Gasteiger partial charge in [-0.15, -0.1) is 0 Å². The third kappa shape index (κ3) is 2.92. The molecule has 6 aromatic carbocycles. The van der Waals surface area contributed by atoms with Gasteiger partial charge >= 0.3 is 219 Å². The van der Waals surface area contributed by atoms with Crippen LogP contribution in [0.25, 0.3) is 74.3 Å². The minimum absolute atomic E-state index is 0.370. The summed E-state index contributed by atoms with van der Waals surface area (Å²) in [6.07, 6.45) is 0. The van der Waals surface area contributed by atoms with Gasteiger partial charge in [-0.1, -0.05) is 12.1 Å². The number of nitrogens with zero attached hydrogens (tertiary/aromatic N) is 2. The van der Waals surface area contributed by atoms with Gasteiger partial charge in [-0.05, 0) is 0 Å². The average Bonchev–Trinajstić information content (AvgIpc) is 3.64. The van der Waals surface area contributed by atoms with E-state index in [1.165, 1.54) is 74.3 Å². The molecule has 0 aliphatic heterocycles. The third-order valence-electron chi connectivity index (χ3n) is 8.12. The van der Waals surface area contributed by atoms with Crippen LogP contribution < -0.4 is 0 Å². The Kier molecular flexibility index (Phi) is 4.37. The van der Waals surface area contributed by atoms with E-state index < -0.39 is 0 Å². The summed E-state index contributed by atoms with van der Waals surface area (Å²) < 4.78 is 7.86. The van der Waals surface area contributed by atoms with Gasteiger partial charge in [-0.3, -0.25) is 0 Å². The van der Waals surface area contributed by atoms with Gasteiger partial charge < -0.3 is 0 Å². The quantitative estimate of drug-likeness (QED) is 0.186. The normalized spacial score (nSPS) is 12.1. The number of aromatic nitrogens is 2. The third-order valence-corrected chi connectivity index (χ3v) is 10.5.